The zero-order valence-corrected chi connectivity index (χ0v) is 12.8. The van der Waals surface area contributed by atoms with Gasteiger partial charge in [0.25, 0.3) is 0 Å². The zero-order valence-electron chi connectivity index (χ0n) is 12.8. The molecule has 0 bridgehead atoms. The fraction of sp³-hybridized carbons (Fsp3) is 0.353. The minimum absolute atomic E-state index is 0.0453. The SMILES string of the molecule is CCc1cnccc1C(NN)c1ccc(OC(C)C)cc1. The van der Waals surface area contributed by atoms with Crippen LogP contribution in [0.25, 0.3) is 0 Å². The maximum atomic E-state index is 5.78. The monoisotopic (exact) mass is 285 g/mol. The quantitative estimate of drug-likeness (QED) is 0.633. The second kappa shape index (κ2) is 7.20. The van der Waals surface area contributed by atoms with Crippen LogP contribution in [0.15, 0.2) is 42.7 Å². The fourth-order valence-electron chi connectivity index (χ4n) is 2.39. The van der Waals surface area contributed by atoms with E-state index in [0.29, 0.717) is 0 Å². The predicted molar refractivity (Wildman–Crippen MR) is 85.0 cm³/mol. The molecule has 0 aliphatic carbocycles. The third kappa shape index (κ3) is 3.80. The first-order valence-corrected chi connectivity index (χ1v) is 7.31. The highest BCUT2D eigenvalue weighted by molar-refractivity contribution is 5.38. The molecule has 0 radical (unpaired) electrons. The molecule has 1 aromatic carbocycles. The van der Waals surface area contributed by atoms with E-state index in [-0.39, 0.29) is 12.1 Å². The number of hydrogen-bond donors (Lipinski definition) is 2. The van der Waals surface area contributed by atoms with Gasteiger partial charge in [0.2, 0.25) is 0 Å². The van der Waals surface area contributed by atoms with Crippen LogP contribution in [-0.4, -0.2) is 11.1 Å². The molecule has 0 aliphatic rings. The van der Waals surface area contributed by atoms with Gasteiger partial charge in [-0.1, -0.05) is 19.1 Å². The van der Waals surface area contributed by atoms with Crippen LogP contribution < -0.4 is 16.0 Å². The van der Waals surface area contributed by atoms with Crippen LogP contribution in [0.5, 0.6) is 5.75 Å². The van der Waals surface area contributed by atoms with Gasteiger partial charge in [-0.25, -0.2) is 5.43 Å². The number of nitrogens with two attached hydrogens (primary N) is 1. The lowest BCUT2D eigenvalue weighted by molar-refractivity contribution is 0.242. The highest BCUT2D eigenvalue weighted by atomic mass is 16.5. The number of nitrogens with zero attached hydrogens (tertiary/aromatic N) is 1. The molecule has 0 saturated carbocycles. The molecule has 112 valence electrons. The van der Waals surface area contributed by atoms with Crippen molar-refractivity contribution in [2.75, 3.05) is 0 Å². The van der Waals surface area contributed by atoms with Crippen molar-refractivity contribution in [2.24, 2.45) is 5.84 Å². The molecule has 0 spiro atoms. The fourth-order valence-corrected chi connectivity index (χ4v) is 2.39. The Morgan fingerprint density at radius 2 is 1.90 bits per heavy atom. The molecule has 4 heteroatoms. The Bertz CT molecular complexity index is 567. The Morgan fingerprint density at radius 1 is 1.19 bits per heavy atom. The largest absolute Gasteiger partial charge is 0.491 e. The summed E-state index contributed by atoms with van der Waals surface area (Å²) in [6.07, 6.45) is 4.80. The zero-order chi connectivity index (χ0) is 15.2. The van der Waals surface area contributed by atoms with Crippen molar-refractivity contribution in [3.8, 4) is 5.75 Å². The molecule has 0 saturated heterocycles. The standard InChI is InChI=1S/C17H23N3O/c1-4-13-11-19-10-9-16(13)17(20-18)14-5-7-15(8-6-14)21-12(2)3/h5-12,17,20H,4,18H2,1-3H3. The van der Waals surface area contributed by atoms with Crippen LogP contribution in [0, 0.1) is 0 Å². The van der Waals surface area contributed by atoms with Gasteiger partial charge >= 0.3 is 0 Å². The van der Waals surface area contributed by atoms with Crippen molar-refractivity contribution in [2.45, 2.75) is 39.3 Å². The number of benzene rings is 1. The lowest BCUT2D eigenvalue weighted by Gasteiger charge is -2.20. The molecular weight excluding hydrogens is 262 g/mol. The van der Waals surface area contributed by atoms with E-state index in [1.54, 1.807) is 6.20 Å². The van der Waals surface area contributed by atoms with Crippen molar-refractivity contribution in [3.63, 3.8) is 0 Å². The average molecular weight is 285 g/mol. The summed E-state index contributed by atoms with van der Waals surface area (Å²) in [5.74, 6) is 6.65. The van der Waals surface area contributed by atoms with Gasteiger partial charge < -0.3 is 4.74 Å². The van der Waals surface area contributed by atoms with Crippen LogP contribution >= 0.6 is 0 Å². The van der Waals surface area contributed by atoms with Crippen molar-refractivity contribution in [3.05, 3.63) is 59.4 Å². The Morgan fingerprint density at radius 3 is 2.48 bits per heavy atom. The smallest absolute Gasteiger partial charge is 0.119 e. The topological polar surface area (TPSA) is 60.2 Å². The highest BCUT2D eigenvalue weighted by Crippen LogP contribution is 2.26. The van der Waals surface area contributed by atoms with E-state index in [2.05, 4.69) is 17.3 Å². The van der Waals surface area contributed by atoms with E-state index in [1.807, 2.05) is 50.4 Å². The van der Waals surface area contributed by atoms with Crippen LogP contribution in [0.1, 0.15) is 43.5 Å². The number of rotatable bonds is 6. The first kappa shape index (κ1) is 15.5. The maximum Gasteiger partial charge on any atom is 0.119 e. The molecule has 4 nitrogen and oxygen atoms in total. The summed E-state index contributed by atoms with van der Waals surface area (Å²) in [7, 11) is 0. The third-order valence-corrected chi connectivity index (χ3v) is 3.39. The van der Waals surface area contributed by atoms with E-state index in [9.17, 15) is 0 Å². The number of ether oxygens (including phenoxy) is 1. The normalized spacial score (nSPS) is 12.4. The van der Waals surface area contributed by atoms with Gasteiger partial charge in [-0.15, -0.1) is 0 Å². The van der Waals surface area contributed by atoms with Gasteiger partial charge in [-0.2, -0.15) is 0 Å². The van der Waals surface area contributed by atoms with E-state index in [1.165, 1.54) is 5.56 Å². The molecule has 1 atom stereocenters. The van der Waals surface area contributed by atoms with E-state index in [4.69, 9.17) is 10.6 Å². The number of aryl methyl sites for hydroxylation is 1. The number of pyridine rings is 1. The molecule has 3 N–H and O–H groups in total. The minimum atomic E-state index is -0.0453. The van der Waals surface area contributed by atoms with Crippen LogP contribution in [-0.2, 0) is 6.42 Å². The second-order valence-corrected chi connectivity index (χ2v) is 5.26. The molecule has 2 aromatic rings. The molecule has 0 aliphatic heterocycles. The van der Waals surface area contributed by atoms with E-state index >= 15 is 0 Å². The minimum Gasteiger partial charge on any atom is -0.491 e. The molecular formula is C17H23N3O. The summed E-state index contributed by atoms with van der Waals surface area (Å²) in [4.78, 5) is 4.18. The van der Waals surface area contributed by atoms with Gasteiger partial charge in [-0.3, -0.25) is 10.8 Å². The van der Waals surface area contributed by atoms with Crippen LogP contribution in [0.2, 0.25) is 0 Å². The lowest BCUT2D eigenvalue weighted by Crippen LogP contribution is -2.29. The first-order chi connectivity index (χ1) is 10.2. The third-order valence-electron chi connectivity index (χ3n) is 3.39. The summed E-state index contributed by atoms with van der Waals surface area (Å²) in [5.41, 5.74) is 6.36. The van der Waals surface area contributed by atoms with Crippen molar-refractivity contribution in [1.29, 1.82) is 0 Å². The number of aromatic nitrogens is 1. The van der Waals surface area contributed by atoms with Crippen molar-refractivity contribution in [1.82, 2.24) is 10.4 Å². The van der Waals surface area contributed by atoms with Gasteiger partial charge in [0.05, 0.1) is 12.1 Å². The lowest BCUT2D eigenvalue weighted by atomic mass is 9.95. The van der Waals surface area contributed by atoms with Crippen molar-refractivity contribution >= 4 is 0 Å². The van der Waals surface area contributed by atoms with Gasteiger partial charge in [0, 0.05) is 12.4 Å². The van der Waals surface area contributed by atoms with E-state index in [0.717, 1.165) is 23.3 Å². The summed E-state index contributed by atoms with van der Waals surface area (Å²) in [6, 6.07) is 10.0. The summed E-state index contributed by atoms with van der Waals surface area (Å²) in [6.45, 7) is 6.15. The van der Waals surface area contributed by atoms with Crippen LogP contribution in [0.3, 0.4) is 0 Å². The molecule has 0 fully saturated rings. The predicted octanol–water partition coefficient (Wildman–Crippen LogP) is 2.98. The van der Waals surface area contributed by atoms with Crippen molar-refractivity contribution < 1.29 is 4.74 Å². The molecule has 1 aromatic heterocycles. The molecule has 1 unspecified atom stereocenters. The number of hydrogen-bond acceptors (Lipinski definition) is 4. The Hall–Kier alpha value is -1.91. The second-order valence-electron chi connectivity index (χ2n) is 5.26. The van der Waals surface area contributed by atoms with E-state index < -0.39 is 0 Å². The first-order valence-electron chi connectivity index (χ1n) is 7.31. The molecule has 1 heterocycles. The summed E-state index contributed by atoms with van der Waals surface area (Å²) >= 11 is 0. The number of nitrogens with one attached hydrogen (secondary N) is 1. The summed E-state index contributed by atoms with van der Waals surface area (Å²) in [5, 5.41) is 0. The molecule has 0 amide bonds. The molecule has 2 rings (SSSR count). The highest BCUT2D eigenvalue weighted by Gasteiger charge is 2.15. The van der Waals surface area contributed by atoms with Gasteiger partial charge in [-0.05, 0) is 55.2 Å². The van der Waals surface area contributed by atoms with Crippen LogP contribution in [0.4, 0.5) is 0 Å². The van der Waals surface area contributed by atoms with Gasteiger partial charge in [0.15, 0.2) is 0 Å². The Kier molecular flexibility index (Phi) is 5.31. The average Bonchev–Trinajstić information content (AvgIpc) is 2.49. The van der Waals surface area contributed by atoms with Gasteiger partial charge in [0.1, 0.15) is 5.75 Å². The Labute approximate surface area is 126 Å². The molecule has 21 heavy (non-hydrogen) atoms. The Balaban J connectivity index is 2.29. The summed E-state index contributed by atoms with van der Waals surface area (Å²) < 4.78 is 5.67. The maximum absolute atomic E-state index is 5.78. The number of hydrazine groups is 1.